The Balaban J connectivity index is 2.08. The maximum atomic E-state index is 4.51. The van der Waals surface area contributed by atoms with Gasteiger partial charge in [-0.3, -0.25) is 9.97 Å². The molecule has 1 aromatic heterocycles. The van der Waals surface area contributed by atoms with Gasteiger partial charge < -0.3 is 0 Å². The van der Waals surface area contributed by atoms with Crippen molar-refractivity contribution < 1.29 is 0 Å². The summed E-state index contributed by atoms with van der Waals surface area (Å²) in [7, 11) is 0. The highest BCUT2D eigenvalue weighted by Crippen LogP contribution is 2.31. The summed E-state index contributed by atoms with van der Waals surface area (Å²) in [6, 6.07) is 0. The Kier molecular flexibility index (Phi) is 2.07. The van der Waals surface area contributed by atoms with E-state index in [9.17, 15) is 0 Å². The second kappa shape index (κ2) is 3.21. The Bertz CT molecular complexity index is 266. The largest absolute Gasteiger partial charge is 0.261 e. The highest BCUT2D eigenvalue weighted by Gasteiger charge is 2.22. The van der Waals surface area contributed by atoms with Crippen LogP contribution in [0.4, 0.5) is 0 Å². The van der Waals surface area contributed by atoms with Crippen LogP contribution in [0.15, 0.2) is 12.4 Å². The monoisotopic (exact) mass is 162 g/mol. The van der Waals surface area contributed by atoms with Crippen LogP contribution >= 0.6 is 0 Å². The lowest BCUT2D eigenvalue weighted by molar-refractivity contribution is 0.784. The summed E-state index contributed by atoms with van der Waals surface area (Å²) in [6.45, 7) is 2.12. The topological polar surface area (TPSA) is 25.8 Å². The Hall–Kier alpha value is -0.920. The fraction of sp³-hybridized carbons (Fsp3) is 0.600. The number of aryl methyl sites for hydroxylation is 1. The second-order valence-electron chi connectivity index (χ2n) is 3.50. The molecule has 2 rings (SSSR count). The minimum atomic E-state index is 0.909. The molecular formula is C10H14N2. The molecule has 0 aromatic carbocycles. The van der Waals surface area contributed by atoms with Crippen LogP contribution in [0.2, 0.25) is 0 Å². The first kappa shape index (κ1) is 7.71. The molecule has 1 aromatic rings. The van der Waals surface area contributed by atoms with Gasteiger partial charge in [0, 0.05) is 12.4 Å². The van der Waals surface area contributed by atoms with Gasteiger partial charge in [-0.1, -0.05) is 6.92 Å². The zero-order valence-electron chi connectivity index (χ0n) is 7.45. The summed E-state index contributed by atoms with van der Waals surface area (Å²) in [5.41, 5.74) is 2.30. The molecule has 2 nitrogen and oxygen atoms in total. The van der Waals surface area contributed by atoms with Crippen molar-refractivity contribution in [2.24, 2.45) is 5.92 Å². The van der Waals surface area contributed by atoms with Gasteiger partial charge in [-0.15, -0.1) is 0 Å². The van der Waals surface area contributed by atoms with E-state index in [2.05, 4.69) is 16.9 Å². The standard InChI is InChI=1S/C10H14N2/c1-2-9-6-11-7-10(12-9)5-8-3-4-8/h6-8H,2-5H2,1H3. The van der Waals surface area contributed by atoms with Gasteiger partial charge in [0.15, 0.2) is 0 Å². The molecule has 0 spiro atoms. The Morgan fingerprint density at radius 2 is 2.08 bits per heavy atom. The Morgan fingerprint density at radius 1 is 1.33 bits per heavy atom. The maximum Gasteiger partial charge on any atom is 0.0592 e. The van der Waals surface area contributed by atoms with Crippen LogP contribution in [0.3, 0.4) is 0 Å². The molecule has 0 aliphatic heterocycles. The predicted molar refractivity (Wildman–Crippen MR) is 47.8 cm³/mol. The average molecular weight is 162 g/mol. The van der Waals surface area contributed by atoms with Crippen LogP contribution in [0.25, 0.3) is 0 Å². The van der Waals surface area contributed by atoms with E-state index in [0.717, 1.165) is 24.5 Å². The van der Waals surface area contributed by atoms with E-state index in [0.29, 0.717) is 0 Å². The molecule has 0 N–H and O–H groups in total. The number of hydrogen-bond donors (Lipinski definition) is 0. The van der Waals surface area contributed by atoms with Gasteiger partial charge >= 0.3 is 0 Å². The molecule has 0 saturated heterocycles. The Morgan fingerprint density at radius 3 is 2.75 bits per heavy atom. The van der Waals surface area contributed by atoms with Gasteiger partial charge in [-0.25, -0.2) is 0 Å². The first-order valence-electron chi connectivity index (χ1n) is 4.68. The van der Waals surface area contributed by atoms with Crippen molar-refractivity contribution in [2.45, 2.75) is 32.6 Å². The van der Waals surface area contributed by atoms with Crippen LogP contribution in [0, 0.1) is 5.92 Å². The predicted octanol–water partition coefficient (Wildman–Crippen LogP) is 1.99. The third-order valence-corrected chi connectivity index (χ3v) is 2.29. The van der Waals surface area contributed by atoms with E-state index in [1.54, 1.807) is 0 Å². The van der Waals surface area contributed by atoms with Crippen LogP contribution in [0.5, 0.6) is 0 Å². The molecule has 2 heteroatoms. The molecule has 0 amide bonds. The third kappa shape index (κ3) is 1.81. The number of rotatable bonds is 3. The van der Waals surface area contributed by atoms with Gasteiger partial charge in [0.05, 0.1) is 11.4 Å². The van der Waals surface area contributed by atoms with E-state index in [4.69, 9.17) is 0 Å². The summed E-state index contributed by atoms with van der Waals surface area (Å²) < 4.78 is 0. The van der Waals surface area contributed by atoms with Gasteiger partial charge in [0.25, 0.3) is 0 Å². The minimum absolute atomic E-state index is 0.909. The summed E-state index contributed by atoms with van der Waals surface area (Å²) in [6.07, 6.45) is 8.66. The van der Waals surface area contributed by atoms with Gasteiger partial charge in [0.1, 0.15) is 0 Å². The van der Waals surface area contributed by atoms with Crippen LogP contribution in [-0.2, 0) is 12.8 Å². The Labute approximate surface area is 73.1 Å². The lowest BCUT2D eigenvalue weighted by Crippen LogP contribution is -1.97. The third-order valence-electron chi connectivity index (χ3n) is 2.29. The first-order chi connectivity index (χ1) is 5.88. The molecule has 0 radical (unpaired) electrons. The van der Waals surface area contributed by atoms with Crippen molar-refractivity contribution in [2.75, 3.05) is 0 Å². The number of hydrogen-bond acceptors (Lipinski definition) is 2. The normalized spacial score (nSPS) is 16.4. The van der Waals surface area contributed by atoms with Gasteiger partial charge in [-0.05, 0) is 31.6 Å². The lowest BCUT2D eigenvalue weighted by Gasteiger charge is -1.99. The molecule has 1 saturated carbocycles. The number of aromatic nitrogens is 2. The molecule has 0 unspecified atom stereocenters. The molecule has 0 bridgehead atoms. The average Bonchev–Trinajstić information content (AvgIpc) is 2.89. The van der Waals surface area contributed by atoms with E-state index >= 15 is 0 Å². The van der Waals surface area contributed by atoms with E-state index < -0.39 is 0 Å². The fourth-order valence-electron chi connectivity index (χ4n) is 1.34. The highest BCUT2D eigenvalue weighted by molar-refractivity contribution is 5.05. The minimum Gasteiger partial charge on any atom is -0.261 e. The quantitative estimate of drug-likeness (QED) is 0.679. The SMILES string of the molecule is CCc1cncc(CC2CC2)n1. The summed E-state index contributed by atoms with van der Waals surface area (Å²) in [5.74, 6) is 0.909. The van der Waals surface area contributed by atoms with Crippen molar-refractivity contribution in [3.8, 4) is 0 Å². The first-order valence-corrected chi connectivity index (χ1v) is 4.68. The lowest BCUT2D eigenvalue weighted by atomic mass is 10.2. The molecule has 1 aliphatic rings. The molecule has 1 heterocycles. The molecule has 64 valence electrons. The maximum absolute atomic E-state index is 4.51. The van der Waals surface area contributed by atoms with Crippen molar-refractivity contribution in [3.05, 3.63) is 23.8 Å². The summed E-state index contributed by atoms with van der Waals surface area (Å²) in [5, 5.41) is 0. The summed E-state index contributed by atoms with van der Waals surface area (Å²) in [4.78, 5) is 8.68. The smallest absolute Gasteiger partial charge is 0.0592 e. The van der Waals surface area contributed by atoms with Crippen LogP contribution < -0.4 is 0 Å². The van der Waals surface area contributed by atoms with Gasteiger partial charge in [-0.2, -0.15) is 0 Å². The van der Waals surface area contributed by atoms with Crippen LogP contribution in [0.1, 0.15) is 31.2 Å². The molecule has 0 atom stereocenters. The molecule has 1 aliphatic carbocycles. The summed E-state index contributed by atoms with van der Waals surface area (Å²) >= 11 is 0. The second-order valence-corrected chi connectivity index (χ2v) is 3.50. The van der Waals surface area contributed by atoms with Crippen molar-refractivity contribution >= 4 is 0 Å². The zero-order valence-corrected chi connectivity index (χ0v) is 7.45. The fourth-order valence-corrected chi connectivity index (χ4v) is 1.34. The van der Waals surface area contributed by atoms with Crippen molar-refractivity contribution in [1.82, 2.24) is 9.97 Å². The van der Waals surface area contributed by atoms with Crippen molar-refractivity contribution in [1.29, 1.82) is 0 Å². The van der Waals surface area contributed by atoms with Crippen molar-refractivity contribution in [3.63, 3.8) is 0 Å². The van der Waals surface area contributed by atoms with Crippen LogP contribution in [-0.4, -0.2) is 9.97 Å². The van der Waals surface area contributed by atoms with Gasteiger partial charge in [0.2, 0.25) is 0 Å². The van der Waals surface area contributed by atoms with E-state index in [-0.39, 0.29) is 0 Å². The molecule has 12 heavy (non-hydrogen) atoms. The number of nitrogens with zero attached hydrogens (tertiary/aromatic N) is 2. The van der Waals surface area contributed by atoms with E-state index in [1.807, 2.05) is 12.4 Å². The molecular weight excluding hydrogens is 148 g/mol. The van der Waals surface area contributed by atoms with E-state index in [1.165, 1.54) is 18.5 Å². The molecule has 1 fully saturated rings. The zero-order chi connectivity index (χ0) is 8.39. The highest BCUT2D eigenvalue weighted by atomic mass is 14.8.